The average molecular weight is 403 g/mol. The summed E-state index contributed by atoms with van der Waals surface area (Å²) in [6, 6.07) is 7.02. The summed E-state index contributed by atoms with van der Waals surface area (Å²) in [6.07, 6.45) is -0.170. The smallest absolute Gasteiger partial charge is 0.407 e. The van der Waals surface area contributed by atoms with Crippen LogP contribution in [0.5, 0.6) is 0 Å². The van der Waals surface area contributed by atoms with Crippen LogP contribution in [0.2, 0.25) is 0 Å². The number of carbonyl (C=O) groups excluding carboxylic acids is 2. The molecule has 0 bridgehead atoms. The second-order valence-electron chi connectivity index (χ2n) is 8.95. The van der Waals surface area contributed by atoms with Crippen molar-refractivity contribution in [3.63, 3.8) is 0 Å². The molecule has 1 unspecified atom stereocenters. The molecule has 2 saturated heterocycles. The van der Waals surface area contributed by atoms with Crippen molar-refractivity contribution in [2.45, 2.75) is 51.7 Å². The number of likely N-dealkylation sites (tertiary alicyclic amines) is 1. The maximum Gasteiger partial charge on any atom is 0.407 e. The van der Waals surface area contributed by atoms with E-state index in [-0.39, 0.29) is 11.3 Å². The number of rotatable bonds is 2. The zero-order valence-electron chi connectivity index (χ0n) is 17.6. The Morgan fingerprint density at radius 2 is 1.69 bits per heavy atom. The van der Waals surface area contributed by atoms with Gasteiger partial charge in [-0.3, -0.25) is 4.79 Å². The number of nitrogens with zero attached hydrogens (tertiary/aromatic N) is 2. The molecular weight excluding hydrogens is 374 g/mol. The van der Waals surface area contributed by atoms with E-state index < -0.39 is 23.3 Å². The molecule has 29 heavy (non-hydrogen) atoms. The van der Waals surface area contributed by atoms with E-state index in [4.69, 9.17) is 4.74 Å². The van der Waals surface area contributed by atoms with Gasteiger partial charge in [-0.1, -0.05) is 20.8 Å². The van der Waals surface area contributed by atoms with Crippen LogP contribution in [0.25, 0.3) is 0 Å². The van der Waals surface area contributed by atoms with Crippen molar-refractivity contribution in [3.05, 3.63) is 29.8 Å². The predicted octanol–water partition coefficient (Wildman–Crippen LogP) is 2.68. The number of benzene rings is 1. The lowest BCUT2D eigenvalue weighted by molar-refractivity contribution is -0.125. The van der Waals surface area contributed by atoms with Gasteiger partial charge in [-0.2, -0.15) is 0 Å². The largest absolute Gasteiger partial charge is 0.465 e. The van der Waals surface area contributed by atoms with Gasteiger partial charge in [-0.25, -0.2) is 9.59 Å². The van der Waals surface area contributed by atoms with E-state index in [9.17, 15) is 19.5 Å². The maximum atomic E-state index is 13.3. The highest BCUT2D eigenvalue weighted by molar-refractivity contribution is 5.96. The number of hydrogen-bond acceptors (Lipinski definition) is 5. The Labute approximate surface area is 170 Å². The zero-order chi connectivity index (χ0) is 21.6. The number of anilines is 1. The van der Waals surface area contributed by atoms with Crippen molar-refractivity contribution in [2.75, 3.05) is 25.1 Å². The van der Waals surface area contributed by atoms with Crippen molar-refractivity contribution in [1.29, 1.82) is 0 Å². The Balaban J connectivity index is 2.07. The fraction of sp³-hybridized carbons (Fsp3) is 0.571. The van der Waals surface area contributed by atoms with E-state index in [2.05, 4.69) is 31.0 Å². The van der Waals surface area contributed by atoms with Crippen LogP contribution >= 0.6 is 0 Å². The van der Waals surface area contributed by atoms with Crippen LogP contribution < -0.4 is 10.2 Å². The van der Waals surface area contributed by atoms with Gasteiger partial charge < -0.3 is 25.0 Å². The number of carboxylic acid groups (broad SMARTS) is 1. The first-order chi connectivity index (χ1) is 13.5. The molecule has 0 saturated carbocycles. The molecule has 1 atom stereocenters. The summed E-state index contributed by atoms with van der Waals surface area (Å²) in [7, 11) is 1.33. The van der Waals surface area contributed by atoms with Crippen LogP contribution in [0.15, 0.2) is 24.3 Å². The van der Waals surface area contributed by atoms with Gasteiger partial charge in [-0.05, 0) is 44.0 Å². The van der Waals surface area contributed by atoms with E-state index >= 15 is 0 Å². The molecule has 2 aliphatic rings. The van der Waals surface area contributed by atoms with Crippen molar-refractivity contribution in [3.8, 4) is 0 Å². The Morgan fingerprint density at radius 1 is 1.14 bits per heavy atom. The third-order valence-electron chi connectivity index (χ3n) is 6.52. The topological polar surface area (TPSA) is 99.2 Å². The summed E-state index contributed by atoms with van der Waals surface area (Å²) < 4.78 is 4.78. The highest BCUT2D eigenvalue weighted by Crippen LogP contribution is 2.48. The van der Waals surface area contributed by atoms with E-state index in [1.54, 1.807) is 12.1 Å². The summed E-state index contributed by atoms with van der Waals surface area (Å²) in [5.74, 6) is -0.507. The number of piperidine rings is 1. The second-order valence-corrected chi connectivity index (χ2v) is 8.95. The van der Waals surface area contributed by atoms with Crippen LogP contribution in [-0.2, 0) is 9.53 Å². The minimum absolute atomic E-state index is 0.0861. The van der Waals surface area contributed by atoms with Gasteiger partial charge in [0.05, 0.1) is 12.7 Å². The summed E-state index contributed by atoms with van der Waals surface area (Å²) in [6.45, 7) is 8.77. The molecule has 2 N–H and O–H groups in total. The lowest BCUT2D eigenvalue weighted by atomic mass is 9.78. The molecule has 0 aliphatic carbocycles. The van der Waals surface area contributed by atoms with Crippen LogP contribution in [0.4, 0.5) is 10.5 Å². The van der Waals surface area contributed by atoms with E-state index in [1.165, 1.54) is 12.0 Å². The average Bonchev–Trinajstić information content (AvgIpc) is 2.89. The first kappa shape index (κ1) is 21.0. The number of hydrogen-bond donors (Lipinski definition) is 2. The van der Waals surface area contributed by atoms with Crippen molar-refractivity contribution in [1.82, 2.24) is 10.2 Å². The molecule has 2 amide bonds. The van der Waals surface area contributed by atoms with Gasteiger partial charge in [0, 0.05) is 24.2 Å². The van der Waals surface area contributed by atoms with Crippen molar-refractivity contribution < 1.29 is 24.2 Å². The molecule has 158 valence electrons. The van der Waals surface area contributed by atoms with Gasteiger partial charge in [0.2, 0.25) is 5.91 Å². The zero-order valence-corrected chi connectivity index (χ0v) is 17.6. The van der Waals surface area contributed by atoms with E-state index in [0.29, 0.717) is 31.5 Å². The lowest BCUT2D eigenvalue weighted by Gasteiger charge is -2.52. The Hall–Kier alpha value is -2.77. The van der Waals surface area contributed by atoms with Gasteiger partial charge >= 0.3 is 12.1 Å². The summed E-state index contributed by atoms with van der Waals surface area (Å²) in [4.78, 5) is 39.9. The van der Waals surface area contributed by atoms with Gasteiger partial charge in [0.15, 0.2) is 0 Å². The minimum Gasteiger partial charge on any atom is -0.465 e. The molecule has 2 heterocycles. The molecule has 0 aromatic heterocycles. The molecule has 1 aromatic carbocycles. The molecule has 2 aliphatic heterocycles. The first-order valence-electron chi connectivity index (χ1n) is 9.75. The van der Waals surface area contributed by atoms with Crippen molar-refractivity contribution >= 4 is 23.7 Å². The number of esters is 1. The Kier molecular flexibility index (Phi) is 5.01. The van der Waals surface area contributed by atoms with Gasteiger partial charge in [0.1, 0.15) is 11.2 Å². The molecule has 0 radical (unpaired) electrons. The SMILES string of the molecule is COC(=O)c1ccc(N2C3(CCN(C(=O)O)CC3)C(=O)NC2(C)C(C)(C)C)cc1. The number of methoxy groups -OCH3 is 1. The molecule has 8 heteroatoms. The Bertz CT molecular complexity index is 822. The summed E-state index contributed by atoms with van der Waals surface area (Å²) in [5.41, 5.74) is -0.612. The summed E-state index contributed by atoms with van der Waals surface area (Å²) in [5, 5.41) is 12.5. The van der Waals surface area contributed by atoms with Gasteiger partial charge in [0.25, 0.3) is 0 Å². The van der Waals surface area contributed by atoms with Crippen LogP contribution in [-0.4, -0.2) is 59.4 Å². The van der Waals surface area contributed by atoms with Crippen LogP contribution in [0, 0.1) is 5.41 Å². The number of amides is 2. The lowest BCUT2D eigenvalue weighted by Crippen LogP contribution is -2.64. The number of ether oxygens (including phenoxy) is 1. The number of nitrogens with one attached hydrogen (secondary N) is 1. The predicted molar refractivity (Wildman–Crippen MR) is 108 cm³/mol. The molecule has 8 nitrogen and oxygen atoms in total. The third kappa shape index (κ3) is 3.20. The highest BCUT2D eigenvalue weighted by Gasteiger charge is 2.62. The standard InChI is InChI=1S/C21H29N3O5/c1-19(2,3)20(4)22-17(26)21(10-12-23(13-11-21)18(27)28)24(20)15-8-6-14(7-9-15)16(25)29-5/h6-9H,10-13H2,1-5H3,(H,22,26)(H,27,28). The highest BCUT2D eigenvalue weighted by atomic mass is 16.5. The molecule has 1 aromatic rings. The molecule has 1 spiro atoms. The number of carbonyl (C=O) groups is 3. The normalized spacial score (nSPS) is 23.8. The monoisotopic (exact) mass is 403 g/mol. The summed E-state index contributed by atoms with van der Waals surface area (Å²) >= 11 is 0. The van der Waals surface area contributed by atoms with Crippen LogP contribution in [0.1, 0.15) is 50.9 Å². The third-order valence-corrected chi connectivity index (χ3v) is 6.52. The van der Waals surface area contributed by atoms with E-state index in [1.807, 2.05) is 19.1 Å². The van der Waals surface area contributed by atoms with Gasteiger partial charge in [-0.15, -0.1) is 0 Å². The second kappa shape index (κ2) is 6.93. The maximum absolute atomic E-state index is 13.3. The van der Waals surface area contributed by atoms with E-state index in [0.717, 1.165) is 5.69 Å². The van der Waals surface area contributed by atoms with Crippen LogP contribution in [0.3, 0.4) is 0 Å². The fourth-order valence-electron chi connectivity index (χ4n) is 4.33. The first-order valence-corrected chi connectivity index (χ1v) is 9.75. The van der Waals surface area contributed by atoms with Crippen molar-refractivity contribution in [2.24, 2.45) is 5.41 Å². The molecule has 3 rings (SSSR count). The minimum atomic E-state index is -0.967. The molecule has 2 fully saturated rings. The Morgan fingerprint density at radius 3 is 2.14 bits per heavy atom. The fourth-order valence-corrected chi connectivity index (χ4v) is 4.33. The molecular formula is C21H29N3O5. The quantitative estimate of drug-likeness (QED) is 0.737.